The van der Waals surface area contributed by atoms with Crippen molar-refractivity contribution in [3.63, 3.8) is 0 Å². The van der Waals surface area contributed by atoms with Crippen LogP contribution >= 0.6 is 24.0 Å². The smallest absolute Gasteiger partial charge is 0.410 e. The zero-order chi connectivity index (χ0) is 19.4. The Balaban J connectivity index is 0.00000280. The summed E-state index contributed by atoms with van der Waals surface area (Å²) in [6.07, 6.45) is 0.426. The van der Waals surface area contributed by atoms with Gasteiger partial charge in [0.1, 0.15) is 11.4 Å². The quantitative estimate of drug-likeness (QED) is 0.384. The van der Waals surface area contributed by atoms with Crippen LogP contribution in [0.3, 0.4) is 0 Å². The van der Waals surface area contributed by atoms with E-state index >= 15 is 0 Å². The van der Waals surface area contributed by atoms with Gasteiger partial charge in [0.05, 0.1) is 11.0 Å². The van der Waals surface area contributed by atoms with Gasteiger partial charge in [-0.25, -0.2) is 9.78 Å². The predicted molar refractivity (Wildman–Crippen MR) is 121 cm³/mol. The number of hydrogen-bond donors (Lipinski definition) is 2. The molecule has 2 heterocycles. The summed E-state index contributed by atoms with van der Waals surface area (Å²) in [4.78, 5) is 28.1. The van der Waals surface area contributed by atoms with Gasteiger partial charge in [-0.15, -0.1) is 24.0 Å². The number of nitrogens with one attached hydrogen (secondary N) is 1. The largest absolute Gasteiger partial charge is 0.444 e. The number of imidazole rings is 1. The van der Waals surface area contributed by atoms with Crippen LogP contribution in [0, 0.1) is 0 Å². The number of nitrogens with two attached hydrogens (primary N) is 1. The Hall–Kier alpha value is -2.04. The summed E-state index contributed by atoms with van der Waals surface area (Å²) >= 11 is 0. The van der Waals surface area contributed by atoms with Crippen molar-refractivity contribution in [3.8, 4) is 0 Å². The highest BCUT2D eigenvalue weighted by Gasteiger charge is 2.26. The highest BCUT2D eigenvalue weighted by atomic mass is 127. The van der Waals surface area contributed by atoms with E-state index in [2.05, 4.69) is 15.0 Å². The zero-order valence-corrected chi connectivity index (χ0v) is 19.0. The molecule has 1 aliphatic rings. The molecular formula is C19H29IN6O2. The van der Waals surface area contributed by atoms with Gasteiger partial charge in [0, 0.05) is 39.1 Å². The number of rotatable bonds is 3. The number of piperazine rings is 1. The van der Waals surface area contributed by atoms with Crippen molar-refractivity contribution in [2.75, 3.05) is 32.7 Å². The maximum atomic E-state index is 12.1. The highest BCUT2D eigenvalue weighted by molar-refractivity contribution is 14.0. The Morgan fingerprint density at radius 1 is 1.21 bits per heavy atom. The van der Waals surface area contributed by atoms with Crippen LogP contribution in [0.5, 0.6) is 0 Å². The lowest BCUT2D eigenvalue weighted by Gasteiger charge is -2.36. The molecule has 0 spiro atoms. The lowest BCUT2D eigenvalue weighted by Crippen LogP contribution is -2.53. The van der Waals surface area contributed by atoms with Crippen LogP contribution in [-0.2, 0) is 11.2 Å². The minimum absolute atomic E-state index is 0. The number of benzene rings is 1. The average Bonchev–Trinajstić information content (AvgIpc) is 3.03. The number of aromatic nitrogens is 2. The summed E-state index contributed by atoms with van der Waals surface area (Å²) in [6, 6.07) is 7.95. The van der Waals surface area contributed by atoms with Crippen LogP contribution in [-0.4, -0.2) is 70.1 Å². The van der Waals surface area contributed by atoms with E-state index in [1.165, 1.54) is 0 Å². The lowest BCUT2D eigenvalue weighted by molar-refractivity contribution is 0.0186. The zero-order valence-electron chi connectivity index (χ0n) is 16.6. The van der Waals surface area contributed by atoms with Crippen molar-refractivity contribution in [1.82, 2.24) is 19.8 Å². The van der Waals surface area contributed by atoms with Gasteiger partial charge in [0.25, 0.3) is 0 Å². The number of amides is 1. The second-order valence-corrected chi connectivity index (χ2v) is 7.65. The summed E-state index contributed by atoms with van der Waals surface area (Å²) in [7, 11) is 0. The van der Waals surface area contributed by atoms with Gasteiger partial charge < -0.3 is 25.3 Å². The average molecular weight is 500 g/mol. The van der Waals surface area contributed by atoms with Crippen LogP contribution in [0.2, 0.25) is 0 Å². The van der Waals surface area contributed by atoms with Crippen molar-refractivity contribution in [2.45, 2.75) is 32.8 Å². The van der Waals surface area contributed by atoms with Crippen LogP contribution in [0.4, 0.5) is 4.79 Å². The Morgan fingerprint density at radius 3 is 2.50 bits per heavy atom. The highest BCUT2D eigenvalue weighted by Crippen LogP contribution is 2.12. The first-order valence-electron chi connectivity index (χ1n) is 9.28. The van der Waals surface area contributed by atoms with Gasteiger partial charge in [-0.3, -0.25) is 4.99 Å². The molecule has 9 heteroatoms. The first-order valence-corrected chi connectivity index (χ1v) is 9.28. The molecule has 0 aliphatic carbocycles. The van der Waals surface area contributed by atoms with Crippen LogP contribution in [0.1, 0.15) is 26.6 Å². The molecule has 3 N–H and O–H groups in total. The number of guanidine groups is 1. The Morgan fingerprint density at radius 2 is 1.86 bits per heavy atom. The van der Waals surface area contributed by atoms with Gasteiger partial charge >= 0.3 is 6.09 Å². The maximum absolute atomic E-state index is 12.1. The van der Waals surface area contributed by atoms with Gasteiger partial charge in [0.2, 0.25) is 0 Å². The number of hydrogen-bond acceptors (Lipinski definition) is 4. The van der Waals surface area contributed by atoms with Crippen molar-refractivity contribution in [3.05, 3.63) is 30.1 Å². The first kappa shape index (κ1) is 22.3. The molecule has 154 valence electrons. The van der Waals surface area contributed by atoms with Crippen molar-refractivity contribution >= 4 is 47.1 Å². The summed E-state index contributed by atoms with van der Waals surface area (Å²) in [5, 5.41) is 0. The van der Waals surface area contributed by atoms with Gasteiger partial charge in [-0.2, -0.15) is 0 Å². The third-order valence-electron chi connectivity index (χ3n) is 4.32. The third kappa shape index (κ3) is 5.98. The van der Waals surface area contributed by atoms with E-state index in [1.54, 1.807) is 4.90 Å². The second-order valence-electron chi connectivity index (χ2n) is 7.65. The first-order chi connectivity index (χ1) is 12.8. The number of ether oxygens (including phenoxy) is 1. The molecule has 8 nitrogen and oxygen atoms in total. The molecule has 0 unspecified atom stereocenters. The molecule has 28 heavy (non-hydrogen) atoms. The van der Waals surface area contributed by atoms with E-state index in [1.807, 2.05) is 49.9 Å². The van der Waals surface area contributed by atoms with Crippen molar-refractivity contribution in [2.24, 2.45) is 10.7 Å². The number of carbonyl (C=O) groups is 1. The molecule has 3 rings (SSSR count). The van der Waals surface area contributed by atoms with Gasteiger partial charge in [-0.05, 0) is 32.9 Å². The molecule has 1 amide bonds. The number of nitrogens with zero attached hydrogens (tertiary/aromatic N) is 4. The molecule has 2 aromatic rings. The fourth-order valence-corrected chi connectivity index (χ4v) is 2.94. The Kier molecular flexibility index (Phi) is 7.50. The molecule has 0 atom stereocenters. The molecular weight excluding hydrogens is 471 g/mol. The van der Waals surface area contributed by atoms with Crippen LogP contribution < -0.4 is 5.73 Å². The summed E-state index contributed by atoms with van der Waals surface area (Å²) < 4.78 is 5.41. The third-order valence-corrected chi connectivity index (χ3v) is 4.32. The lowest BCUT2D eigenvalue weighted by atomic mass is 10.2. The van der Waals surface area contributed by atoms with Crippen LogP contribution in [0.25, 0.3) is 11.0 Å². The maximum Gasteiger partial charge on any atom is 0.410 e. The molecule has 1 aromatic heterocycles. The summed E-state index contributed by atoms with van der Waals surface area (Å²) in [5.74, 6) is 1.41. The molecule has 0 radical (unpaired) electrons. The topological polar surface area (TPSA) is 99.8 Å². The molecule has 0 saturated carbocycles. The number of para-hydroxylation sites is 2. The van der Waals surface area contributed by atoms with E-state index < -0.39 is 5.60 Å². The number of carbonyl (C=O) groups excluding carboxylic acids is 1. The minimum atomic E-state index is -0.481. The number of aromatic amines is 1. The Bertz CT molecular complexity index is 788. The Labute approximate surface area is 182 Å². The molecule has 0 bridgehead atoms. The number of halogens is 1. The number of aliphatic imine (C=N–C) groups is 1. The van der Waals surface area contributed by atoms with Crippen molar-refractivity contribution < 1.29 is 9.53 Å². The molecule has 1 saturated heterocycles. The standard InChI is InChI=1S/C19H28N6O2.HI/c1-19(2,3)27-18(26)25-12-10-24(11-13-25)17(20)21-9-8-16-22-14-6-4-5-7-15(14)23-16;/h4-7H,8-13H2,1-3H3,(H2,20,21)(H,22,23);1H. The molecule has 1 aromatic carbocycles. The summed E-state index contributed by atoms with van der Waals surface area (Å²) in [6.45, 7) is 8.63. The fraction of sp³-hybridized carbons (Fsp3) is 0.526. The normalized spacial score (nSPS) is 15.5. The SMILES string of the molecule is CC(C)(C)OC(=O)N1CCN(C(N)=NCCc2nc3ccccc3[nH]2)CC1.I. The predicted octanol–water partition coefficient (Wildman–Crippen LogP) is 2.59. The van der Waals surface area contributed by atoms with E-state index in [0.717, 1.165) is 16.9 Å². The van der Waals surface area contributed by atoms with Gasteiger partial charge in [-0.1, -0.05) is 12.1 Å². The molecule has 1 fully saturated rings. The van der Waals surface area contributed by atoms with E-state index in [9.17, 15) is 4.79 Å². The second kappa shape index (κ2) is 9.44. The number of fused-ring (bicyclic) bond motifs is 1. The summed E-state index contributed by atoms with van der Waals surface area (Å²) in [5.41, 5.74) is 7.63. The van der Waals surface area contributed by atoms with Crippen molar-refractivity contribution in [1.29, 1.82) is 0 Å². The van der Waals surface area contributed by atoms with E-state index in [-0.39, 0.29) is 30.1 Å². The molecule has 1 aliphatic heterocycles. The van der Waals surface area contributed by atoms with E-state index in [4.69, 9.17) is 10.5 Å². The van der Waals surface area contributed by atoms with E-state index in [0.29, 0.717) is 45.1 Å². The number of H-pyrrole nitrogens is 1. The minimum Gasteiger partial charge on any atom is -0.444 e. The fourth-order valence-electron chi connectivity index (χ4n) is 2.94. The van der Waals surface area contributed by atoms with Crippen LogP contribution in [0.15, 0.2) is 29.3 Å². The monoisotopic (exact) mass is 500 g/mol. The van der Waals surface area contributed by atoms with Gasteiger partial charge in [0.15, 0.2) is 5.96 Å².